The van der Waals surface area contributed by atoms with E-state index in [0.717, 1.165) is 54.0 Å². The Balaban J connectivity index is 1.62. The number of halogens is 1. The number of allylic oxidation sites excluding steroid dienone is 1. The fraction of sp³-hybridized carbons (Fsp3) is 0.333. The lowest BCUT2D eigenvalue weighted by Gasteiger charge is -2.41. The highest BCUT2D eigenvalue weighted by atomic mass is 35.5. The number of ketones is 1. The number of rotatable bonds is 6. The van der Waals surface area contributed by atoms with Gasteiger partial charge in [-0.25, -0.2) is 0 Å². The average Bonchev–Trinajstić information content (AvgIpc) is 2.75. The van der Waals surface area contributed by atoms with Crippen molar-refractivity contribution in [1.29, 1.82) is 0 Å². The van der Waals surface area contributed by atoms with Crippen LogP contribution in [-0.4, -0.2) is 22.3 Å². The highest BCUT2D eigenvalue weighted by Gasteiger charge is 2.36. The van der Waals surface area contributed by atoms with E-state index >= 15 is 0 Å². The van der Waals surface area contributed by atoms with Crippen LogP contribution in [0, 0.1) is 0 Å². The molecule has 0 fully saturated rings. The van der Waals surface area contributed by atoms with Gasteiger partial charge < -0.3 is 15.0 Å². The van der Waals surface area contributed by atoms with Gasteiger partial charge in [-0.3, -0.25) is 4.79 Å². The van der Waals surface area contributed by atoms with E-state index in [2.05, 4.69) is 17.1 Å². The fourth-order valence-electron chi connectivity index (χ4n) is 4.12. The van der Waals surface area contributed by atoms with E-state index in [-0.39, 0.29) is 11.8 Å². The maximum absolute atomic E-state index is 12.9. The van der Waals surface area contributed by atoms with Crippen molar-refractivity contribution in [2.45, 2.75) is 45.3 Å². The Morgan fingerprint density at radius 1 is 1.20 bits per heavy atom. The zero-order valence-electron chi connectivity index (χ0n) is 17.0. The lowest BCUT2D eigenvalue weighted by Crippen LogP contribution is -2.49. The van der Waals surface area contributed by atoms with E-state index in [1.807, 2.05) is 48.5 Å². The first-order valence-corrected chi connectivity index (χ1v) is 11.2. The quantitative estimate of drug-likeness (QED) is 0.595. The van der Waals surface area contributed by atoms with E-state index in [4.69, 9.17) is 28.6 Å². The molecule has 6 heteroatoms. The number of Topliss-reactive ketones (excluding diaryl/α,β-unsaturated/α-hetero) is 1. The van der Waals surface area contributed by atoms with Crippen molar-refractivity contribution >= 4 is 34.7 Å². The molecule has 0 amide bonds. The standard InChI is InChI=1S/C24H25ClN2O2S/c1-2-13-27-20-11-6-12-21(28)22(20)23(26-24(27)30)16-8-5-9-18(14-16)29-15-17-7-3-4-10-19(17)25/h3-5,7-10,14,23H,2,6,11-13,15H2,1H3,(H,26,30). The normalized spacial score (nSPS) is 18.9. The summed E-state index contributed by atoms with van der Waals surface area (Å²) >= 11 is 11.9. The van der Waals surface area contributed by atoms with Crippen molar-refractivity contribution < 1.29 is 9.53 Å². The molecule has 0 aromatic heterocycles. The number of carbonyl (C=O) groups is 1. The van der Waals surface area contributed by atoms with Crippen molar-refractivity contribution in [2.75, 3.05) is 6.54 Å². The average molecular weight is 441 g/mol. The molecule has 156 valence electrons. The van der Waals surface area contributed by atoms with Crippen molar-refractivity contribution in [3.8, 4) is 5.75 Å². The van der Waals surface area contributed by atoms with Crippen molar-refractivity contribution in [2.24, 2.45) is 0 Å². The van der Waals surface area contributed by atoms with Gasteiger partial charge in [-0.15, -0.1) is 0 Å². The second kappa shape index (κ2) is 9.19. The maximum Gasteiger partial charge on any atom is 0.173 e. The molecule has 1 aliphatic heterocycles. The highest BCUT2D eigenvalue weighted by Crippen LogP contribution is 2.38. The van der Waals surface area contributed by atoms with Gasteiger partial charge in [-0.05, 0) is 55.2 Å². The van der Waals surface area contributed by atoms with Crippen molar-refractivity contribution in [1.82, 2.24) is 10.2 Å². The molecule has 0 saturated carbocycles. The van der Waals surface area contributed by atoms with E-state index in [1.165, 1.54) is 0 Å². The van der Waals surface area contributed by atoms with Crippen LogP contribution in [0.3, 0.4) is 0 Å². The largest absolute Gasteiger partial charge is 0.489 e. The molecule has 0 saturated heterocycles. The van der Waals surface area contributed by atoms with Gasteiger partial charge in [0.05, 0.1) is 6.04 Å². The molecule has 1 N–H and O–H groups in total. The van der Waals surface area contributed by atoms with E-state index in [9.17, 15) is 4.79 Å². The summed E-state index contributed by atoms with van der Waals surface area (Å²) in [4.78, 5) is 15.0. The summed E-state index contributed by atoms with van der Waals surface area (Å²) in [6, 6.07) is 15.3. The summed E-state index contributed by atoms with van der Waals surface area (Å²) in [5, 5.41) is 4.79. The van der Waals surface area contributed by atoms with Crippen LogP contribution in [0.4, 0.5) is 0 Å². The van der Waals surface area contributed by atoms with Crippen molar-refractivity contribution in [3.63, 3.8) is 0 Å². The Bertz CT molecular complexity index is 1000. The monoisotopic (exact) mass is 440 g/mol. The molecule has 1 unspecified atom stereocenters. The van der Waals surface area contributed by atoms with Crippen LogP contribution >= 0.6 is 23.8 Å². The zero-order valence-corrected chi connectivity index (χ0v) is 18.6. The molecule has 4 rings (SSSR count). The topological polar surface area (TPSA) is 41.6 Å². The first-order valence-electron chi connectivity index (χ1n) is 10.4. The third-order valence-corrected chi connectivity index (χ3v) is 6.25. The number of hydrogen-bond donors (Lipinski definition) is 1. The van der Waals surface area contributed by atoms with E-state index in [0.29, 0.717) is 23.2 Å². The molecule has 2 aromatic carbocycles. The van der Waals surface area contributed by atoms with Crippen LogP contribution in [0.1, 0.15) is 49.8 Å². The molecule has 0 radical (unpaired) electrons. The number of carbonyl (C=O) groups excluding carboxylic acids is 1. The predicted molar refractivity (Wildman–Crippen MR) is 124 cm³/mol. The molecular formula is C24H25ClN2O2S. The van der Waals surface area contributed by atoms with Crippen LogP contribution in [0.2, 0.25) is 5.02 Å². The van der Waals surface area contributed by atoms with Crippen LogP contribution in [-0.2, 0) is 11.4 Å². The Hall–Kier alpha value is -2.37. The molecule has 4 nitrogen and oxygen atoms in total. The number of nitrogens with one attached hydrogen (secondary N) is 1. The Morgan fingerprint density at radius 2 is 2.03 bits per heavy atom. The van der Waals surface area contributed by atoms with Gasteiger partial charge >= 0.3 is 0 Å². The Morgan fingerprint density at radius 3 is 2.83 bits per heavy atom. The van der Waals surface area contributed by atoms with Crippen LogP contribution in [0.15, 0.2) is 59.8 Å². The zero-order chi connectivity index (χ0) is 21.1. The minimum Gasteiger partial charge on any atom is -0.489 e. The minimum absolute atomic E-state index is 0.208. The number of hydrogen-bond acceptors (Lipinski definition) is 3. The van der Waals surface area contributed by atoms with Crippen LogP contribution in [0.5, 0.6) is 5.75 Å². The maximum atomic E-state index is 12.9. The van der Waals surface area contributed by atoms with Gasteiger partial charge in [-0.2, -0.15) is 0 Å². The van der Waals surface area contributed by atoms with Gasteiger partial charge in [0, 0.05) is 34.8 Å². The molecule has 0 spiro atoms. The van der Waals surface area contributed by atoms with E-state index in [1.54, 1.807) is 0 Å². The van der Waals surface area contributed by atoms with Gasteiger partial charge in [-0.1, -0.05) is 48.9 Å². The van der Waals surface area contributed by atoms with Gasteiger partial charge in [0.25, 0.3) is 0 Å². The fourth-order valence-corrected chi connectivity index (χ4v) is 4.63. The summed E-state index contributed by atoms with van der Waals surface area (Å²) in [6.07, 6.45) is 3.34. The molecular weight excluding hydrogens is 416 g/mol. The lowest BCUT2D eigenvalue weighted by molar-refractivity contribution is -0.116. The third-order valence-electron chi connectivity index (χ3n) is 5.55. The van der Waals surface area contributed by atoms with Gasteiger partial charge in [0.15, 0.2) is 10.9 Å². The molecule has 1 aliphatic carbocycles. The second-order valence-electron chi connectivity index (χ2n) is 7.62. The summed E-state index contributed by atoms with van der Waals surface area (Å²) < 4.78 is 6.00. The van der Waals surface area contributed by atoms with Gasteiger partial charge in [0.2, 0.25) is 0 Å². The molecule has 30 heavy (non-hydrogen) atoms. The molecule has 1 heterocycles. The first-order chi connectivity index (χ1) is 14.6. The first kappa shape index (κ1) is 20.9. The van der Waals surface area contributed by atoms with Crippen LogP contribution in [0.25, 0.3) is 0 Å². The Kier molecular flexibility index (Phi) is 6.40. The van der Waals surface area contributed by atoms with Crippen molar-refractivity contribution in [3.05, 3.63) is 76.0 Å². The molecule has 2 aromatic rings. The highest BCUT2D eigenvalue weighted by molar-refractivity contribution is 7.80. The smallest absolute Gasteiger partial charge is 0.173 e. The number of ether oxygens (including phenoxy) is 1. The summed E-state index contributed by atoms with van der Waals surface area (Å²) in [6.45, 7) is 3.34. The Labute approximate surface area is 187 Å². The van der Waals surface area contributed by atoms with E-state index < -0.39 is 0 Å². The predicted octanol–water partition coefficient (Wildman–Crippen LogP) is 5.57. The summed E-state index contributed by atoms with van der Waals surface area (Å²) in [7, 11) is 0. The second-order valence-corrected chi connectivity index (χ2v) is 8.42. The molecule has 2 aliphatic rings. The third kappa shape index (κ3) is 4.23. The number of thiocarbonyl (C=S) groups is 1. The number of benzene rings is 2. The summed E-state index contributed by atoms with van der Waals surface area (Å²) in [5.41, 5.74) is 3.85. The number of nitrogens with zero attached hydrogens (tertiary/aromatic N) is 1. The molecule has 0 bridgehead atoms. The summed E-state index contributed by atoms with van der Waals surface area (Å²) in [5.74, 6) is 0.946. The molecule has 1 atom stereocenters. The lowest BCUT2D eigenvalue weighted by atomic mass is 9.84. The van der Waals surface area contributed by atoms with Crippen LogP contribution < -0.4 is 10.1 Å². The minimum atomic E-state index is -0.239. The SMILES string of the molecule is CCCN1C(=S)NC(c2cccc(OCc3ccccc3Cl)c2)C2=C1CCCC2=O. The van der Waals surface area contributed by atoms with Gasteiger partial charge in [0.1, 0.15) is 12.4 Å².